The maximum atomic E-state index is 4.44. The highest BCUT2D eigenvalue weighted by Crippen LogP contribution is 2.30. The van der Waals surface area contributed by atoms with Gasteiger partial charge in [-0.2, -0.15) is 0 Å². The number of rotatable bonds is 3. The van der Waals surface area contributed by atoms with E-state index >= 15 is 0 Å². The summed E-state index contributed by atoms with van der Waals surface area (Å²) in [7, 11) is 2.08. The summed E-state index contributed by atoms with van der Waals surface area (Å²) in [6.07, 6.45) is 3.58. The first-order chi connectivity index (χ1) is 9.84. The highest BCUT2D eigenvalue weighted by molar-refractivity contribution is 6.32. The molecule has 0 saturated heterocycles. The molecule has 0 aliphatic rings. The van der Waals surface area contributed by atoms with Crippen molar-refractivity contribution in [1.82, 2.24) is 9.97 Å². The molecule has 3 aromatic rings. The van der Waals surface area contributed by atoms with Gasteiger partial charge in [-0.15, -0.1) is 0 Å². The SMILES string of the molecule is Bc1ccc(N(c2ccccn2)c2ccccn2)cc1. The molecule has 0 amide bonds. The second-order valence-electron chi connectivity index (χ2n) is 4.55. The topological polar surface area (TPSA) is 29.0 Å². The van der Waals surface area contributed by atoms with Crippen molar-refractivity contribution in [3.05, 3.63) is 73.1 Å². The molecule has 0 bridgehead atoms. The summed E-state index contributed by atoms with van der Waals surface area (Å²) >= 11 is 0. The van der Waals surface area contributed by atoms with E-state index in [1.165, 1.54) is 5.46 Å². The predicted molar refractivity (Wildman–Crippen MR) is 84.9 cm³/mol. The molecular weight excluding hydrogens is 245 g/mol. The van der Waals surface area contributed by atoms with Gasteiger partial charge in [0.1, 0.15) is 19.5 Å². The van der Waals surface area contributed by atoms with Crippen molar-refractivity contribution in [2.75, 3.05) is 4.90 Å². The van der Waals surface area contributed by atoms with Crippen molar-refractivity contribution < 1.29 is 0 Å². The van der Waals surface area contributed by atoms with Crippen LogP contribution < -0.4 is 10.4 Å². The summed E-state index contributed by atoms with van der Waals surface area (Å²) in [5, 5.41) is 0. The van der Waals surface area contributed by atoms with Crippen LogP contribution in [-0.4, -0.2) is 17.8 Å². The second-order valence-corrected chi connectivity index (χ2v) is 4.55. The first-order valence-corrected chi connectivity index (χ1v) is 6.53. The van der Waals surface area contributed by atoms with Gasteiger partial charge in [0, 0.05) is 18.1 Å². The molecule has 0 radical (unpaired) electrons. The molecule has 4 heteroatoms. The fourth-order valence-electron chi connectivity index (χ4n) is 2.05. The van der Waals surface area contributed by atoms with Gasteiger partial charge in [-0.05, 0) is 36.4 Å². The molecule has 0 aliphatic heterocycles. The van der Waals surface area contributed by atoms with Crippen molar-refractivity contribution >= 4 is 30.6 Å². The predicted octanol–water partition coefficient (Wildman–Crippen LogP) is 2.20. The van der Waals surface area contributed by atoms with Gasteiger partial charge >= 0.3 is 0 Å². The Kier molecular flexibility index (Phi) is 3.46. The summed E-state index contributed by atoms with van der Waals surface area (Å²) < 4.78 is 0. The van der Waals surface area contributed by atoms with Crippen LogP contribution in [0.2, 0.25) is 0 Å². The van der Waals surface area contributed by atoms with E-state index in [1.54, 1.807) is 12.4 Å². The maximum absolute atomic E-state index is 4.44. The summed E-state index contributed by atoms with van der Waals surface area (Å²) in [5.41, 5.74) is 2.28. The zero-order valence-electron chi connectivity index (χ0n) is 11.3. The van der Waals surface area contributed by atoms with Gasteiger partial charge in [0.15, 0.2) is 0 Å². The number of aromatic nitrogens is 2. The van der Waals surface area contributed by atoms with Gasteiger partial charge in [-0.25, -0.2) is 9.97 Å². The van der Waals surface area contributed by atoms with E-state index in [-0.39, 0.29) is 0 Å². The Hall–Kier alpha value is -2.62. The molecule has 0 fully saturated rings. The van der Waals surface area contributed by atoms with E-state index in [2.05, 4.69) is 42.1 Å². The molecule has 20 heavy (non-hydrogen) atoms. The Morgan fingerprint density at radius 3 is 1.70 bits per heavy atom. The Bertz CT molecular complexity index is 630. The zero-order valence-corrected chi connectivity index (χ0v) is 11.3. The van der Waals surface area contributed by atoms with E-state index in [0.717, 1.165) is 17.3 Å². The van der Waals surface area contributed by atoms with Crippen LogP contribution in [0.1, 0.15) is 0 Å². The first-order valence-electron chi connectivity index (χ1n) is 6.53. The van der Waals surface area contributed by atoms with Crippen LogP contribution >= 0.6 is 0 Å². The van der Waals surface area contributed by atoms with Crippen LogP contribution in [-0.2, 0) is 0 Å². The third kappa shape index (κ3) is 2.54. The highest BCUT2D eigenvalue weighted by atomic mass is 15.2. The fraction of sp³-hybridized carbons (Fsp3) is 0. The molecule has 0 saturated carbocycles. The van der Waals surface area contributed by atoms with Crippen LogP contribution in [0.4, 0.5) is 17.3 Å². The van der Waals surface area contributed by atoms with Crippen LogP contribution in [0.3, 0.4) is 0 Å². The molecule has 0 aliphatic carbocycles. The van der Waals surface area contributed by atoms with Crippen molar-refractivity contribution in [2.24, 2.45) is 0 Å². The Balaban J connectivity index is 2.11. The number of hydrogen-bond acceptors (Lipinski definition) is 3. The lowest BCUT2D eigenvalue weighted by Gasteiger charge is -2.22. The molecule has 2 aromatic heterocycles. The van der Waals surface area contributed by atoms with E-state index in [9.17, 15) is 0 Å². The van der Waals surface area contributed by atoms with E-state index in [0.29, 0.717) is 0 Å². The largest absolute Gasteiger partial charge is 0.279 e. The van der Waals surface area contributed by atoms with E-state index < -0.39 is 0 Å². The number of pyridine rings is 2. The third-order valence-electron chi connectivity index (χ3n) is 3.05. The Morgan fingerprint density at radius 1 is 0.700 bits per heavy atom. The molecule has 0 unspecified atom stereocenters. The van der Waals surface area contributed by atoms with Gasteiger partial charge in [0.05, 0.1) is 0 Å². The van der Waals surface area contributed by atoms with E-state index in [4.69, 9.17) is 0 Å². The van der Waals surface area contributed by atoms with Gasteiger partial charge in [0.2, 0.25) is 0 Å². The molecular formula is C16H14BN3. The molecule has 3 rings (SSSR count). The van der Waals surface area contributed by atoms with Crippen LogP contribution in [0, 0.1) is 0 Å². The molecule has 1 aromatic carbocycles. The average Bonchev–Trinajstić information content (AvgIpc) is 2.52. The monoisotopic (exact) mass is 259 g/mol. The van der Waals surface area contributed by atoms with Crippen molar-refractivity contribution in [3.63, 3.8) is 0 Å². The van der Waals surface area contributed by atoms with Crippen molar-refractivity contribution in [2.45, 2.75) is 0 Å². The van der Waals surface area contributed by atoms with Crippen molar-refractivity contribution in [1.29, 1.82) is 0 Å². The minimum absolute atomic E-state index is 0.857. The number of benzene rings is 1. The standard InChI is InChI=1S/C16H14BN3/c17-13-7-9-14(10-8-13)20(15-5-1-3-11-18-15)16-6-2-4-12-19-16/h1-12H,17H2. The minimum Gasteiger partial charge on any atom is -0.279 e. The fourth-order valence-corrected chi connectivity index (χ4v) is 2.05. The maximum Gasteiger partial charge on any atom is 0.139 e. The summed E-state index contributed by atoms with van der Waals surface area (Å²) in [5.74, 6) is 1.71. The zero-order chi connectivity index (χ0) is 13.8. The lowest BCUT2D eigenvalue weighted by molar-refractivity contribution is 1.13. The summed E-state index contributed by atoms with van der Waals surface area (Å²) in [6.45, 7) is 0. The average molecular weight is 259 g/mol. The molecule has 0 N–H and O–H groups in total. The number of hydrogen-bond donors (Lipinski definition) is 0. The first kappa shape index (κ1) is 12.4. The molecule has 0 spiro atoms. The van der Waals surface area contributed by atoms with Gasteiger partial charge in [-0.1, -0.05) is 29.7 Å². The number of nitrogens with zero attached hydrogens (tertiary/aromatic N) is 3. The van der Waals surface area contributed by atoms with Gasteiger partial charge in [-0.3, -0.25) is 4.90 Å². The number of anilines is 3. The highest BCUT2D eigenvalue weighted by Gasteiger charge is 2.13. The minimum atomic E-state index is 0.857. The second kappa shape index (κ2) is 5.57. The molecule has 3 nitrogen and oxygen atoms in total. The van der Waals surface area contributed by atoms with E-state index in [1.807, 2.05) is 41.3 Å². The smallest absolute Gasteiger partial charge is 0.139 e. The van der Waals surface area contributed by atoms with Gasteiger partial charge < -0.3 is 0 Å². The molecule has 96 valence electrons. The Morgan fingerprint density at radius 2 is 1.25 bits per heavy atom. The Labute approximate surface area is 119 Å². The van der Waals surface area contributed by atoms with Crippen LogP contribution in [0.25, 0.3) is 0 Å². The van der Waals surface area contributed by atoms with Crippen LogP contribution in [0.5, 0.6) is 0 Å². The summed E-state index contributed by atoms with van der Waals surface area (Å²) in [4.78, 5) is 10.9. The third-order valence-corrected chi connectivity index (χ3v) is 3.05. The molecule has 2 heterocycles. The van der Waals surface area contributed by atoms with Gasteiger partial charge in [0.25, 0.3) is 0 Å². The normalized spacial score (nSPS) is 10.2. The van der Waals surface area contributed by atoms with Crippen molar-refractivity contribution in [3.8, 4) is 0 Å². The quantitative estimate of drug-likeness (QED) is 0.675. The lowest BCUT2D eigenvalue weighted by atomic mass is 9.96. The van der Waals surface area contributed by atoms with Crippen LogP contribution in [0.15, 0.2) is 73.1 Å². The molecule has 0 atom stereocenters. The lowest BCUT2D eigenvalue weighted by Crippen LogP contribution is -2.13. The summed E-state index contributed by atoms with van der Waals surface area (Å²) in [6, 6.07) is 20.1.